The summed E-state index contributed by atoms with van der Waals surface area (Å²) in [6, 6.07) is 12.1. The molecule has 2 aromatic heterocycles. The highest BCUT2D eigenvalue weighted by molar-refractivity contribution is 5.90. The summed E-state index contributed by atoms with van der Waals surface area (Å²) in [7, 11) is 0. The van der Waals surface area contributed by atoms with Crippen LogP contribution in [0.1, 0.15) is 24.8 Å². The Morgan fingerprint density at radius 1 is 1.00 bits per heavy atom. The van der Waals surface area contributed by atoms with E-state index < -0.39 is 0 Å². The van der Waals surface area contributed by atoms with Crippen molar-refractivity contribution in [3.05, 3.63) is 79.2 Å². The lowest BCUT2D eigenvalue weighted by Crippen LogP contribution is -2.38. The minimum atomic E-state index is -0.270. The lowest BCUT2D eigenvalue weighted by molar-refractivity contribution is 0.172. The van der Waals surface area contributed by atoms with E-state index in [2.05, 4.69) is 35.7 Å². The van der Waals surface area contributed by atoms with Crippen LogP contribution < -0.4 is 10.6 Å². The summed E-state index contributed by atoms with van der Waals surface area (Å²) in [6.07, 6.45) is 10.3. The fourth-order valence-corrected chi connectivity index (χ4v) is 4.77. The normalized spacial score (nSPS) is 16.0. The molecule has 1 aliphatic rings. The lowest BCUT2D eigenvalue weighted by Gasteiger charge is -2.32. The summed E-state index contributed by atoms with van der Waals surface area (Å²) in [5.41, 5.74) is 3.27. The number of halogens is 1. The number of nitrogens with one attached hydrogen (secondary N) is 2. The van der Waals surface area contributed by atoms with Crippen molar-refractivity contribution >= 4 is 11.7 Å². The molecule has 0 aliphatic carbocycles. The molecule has 1 atom stereocenters. The summed E-state index contributed by atoms with van der Waals surface area (Å²) in [5.74, 6) is 0.385. The maximum Gasteiger partial charge on any atom is 0.319 e. The molecule has 5 rings (SSSR count). The smallest absolute Gasteiger partial charge is 0.319 e. The van der Waals surface area contributed by atoms with E-state index >= 15 is 0 Å². The monoisotopic (exact) mass is 503 g/mol. The number of hydrogen-bond donors (Lipinski definition) is 2. The minimum Gasteiger partial charge on any atom is -0.338 e. The van der Waals surface area contributed by atoms with Gasteiger partial charge in [-0.3, -0.25) is 0 Å². The highest BCUT2D eigenvalue weighted by Crippen LogP contribution is 2.22. The zero-order valence-corrected chi connectivity index (χ0v) is 20.5. The SMILES string of the molecule is O=C(NCCCN1CCC[C@@H](Cc2ccc(F)cc2)C1)Nc1cc(-n2cncn2)cc(-n2cncn2)c1. The van der Waals surface area contributed by atoms with Gasteiger partial charge in [-0.05, 0) is 80.6 Å². The Morgan fingerprint density at radius 2 is 1.70 bits per heavy atom. The van der Waals surface area contributed by atoms with E-state index in [1.807, 2.05) is 30.3 Å². The minimum absolute atomic E-state index is 0.191. The molecule has 1 fully saturated rings. The van der Waals surface area contributed by atoms with Crippen molar-refractivity contribution in [2.24, 2.45) is 5.92 Å². The number of likely N-dealkylation sites (tertiary alicyclic amines) is 1. The average molecular weight is 504 g/mol. The molecule has 3 heterocycles. The fraction of sp³-hybridized carbons (Fsp3) is 0.346. The molecule has 2 amide bonds. The Bertz CT molecular complexity index is 1220. The van der Waals surface area contributed by atoms with Crippen LogP contribution in [0.4, 0.5) is 14.9 Å². The Balaban J connectivity index is 1.10. The van der Waals surface area contributed by atoms with Gasteiger partial charge < -0.3 is 15.5 Å². The Morgan fingerprint density at radius 3 is 2.35 bits per heavy atom. The van der Waals surface area contributed by atoms with Gasteiger partial charge in [-0.2, -0.15) is 10.2 Å². The van der Waals surface area contributed by atoms with Gasteiger partial charge in [0.15, 0.2) is 0 Å². The van der Waals surface area contributed by atoms with Crippen molar-refractivity contribution < 1.29 is 9.18 Å². The zero-order valence-electron chi connectivity index (χ0n) is 20.5. The number of hydrogen-bond acceptors (Lipinski definition) is 6. The van der Waals surface area contributed by atoms with Crippen LogP contribution in [0.15, 0.2) is 67.8 Å². The summed E-state index contributed by atoms with van der Waals surface area (Å²) in [6.45, 7) is 3.61. The second kappa shape index (κ2) is 11.7. The number of benzene rings is 2. The molecule has 0 saturated carbocycles. The van der Waals surface area contributed by atoms with Gasteiger partial charge in [0, 0.05) is 18.8 Å². The summed E-state index contributed by atoms with van der Waals surface area (Å²) < 4.78 is 16.4. The number of amides is 2. The van der Waals surface area contributed by atoms with Crippen molar-refractivity contribution in [1.29, 1.82) is 0 Å². The molecule has 0 unspecified atom stereocenters. The molecule has 1 saturated heterocycles. The Kier molecular flexibility index (Phi) is 7.80. The van der Waals surface area contributed by atoms with E-state index in [1.165, 1.54) is 36.8 Å². The zero-order chi connectivity index (χ0) is 25.5. The van der Waals surface area contributed by atoms with E-state index in [9.17, 15) is 9.18 Å². The van der Waals surface area contributed by atoms with E-state index in [0.717, 1.165) is 50.3 Å². The molecule has 1 aliphatic heterocycles. The maximum atomic E-state index is 13.2. The van der Waals surface area contributed by atoms with Crippen LogP contribution in [-0.4, -0.2) is 66.6 Å². The third-order valence-electron chi connectivity index (χ3n) is 6.50. The lowest BCUT2D eigenvalue weighted by atomic mass is 9.91. The third kappa shape index (κ3) is 6.76. The molecule has 4 aromatic rings. The van der Waals surface area contributed by atoms with E-state index in [-0.39, 0.29) is 11.8 Å². The van der Waals surface area contributed by atoms with Gasteiger partial charge in [0.2, 0.25) is 0 Å². The third-order valence-corrected chi connectivity index (χ3v) is 6.50. The number of rotatable bonds is 9. The average Bonchev–Trinajstić information content (AvgIpc) is 3.63. The molecule has 11 heteroatoms. The molecule has 0 radical (unpaired) electrons. The number of anilines is 1. The van der Waals surface area contributed by atoms with Gasteiger partial charge in [0.05, 0.1) is 11.4 Å². The molecular formula is C26H30FN9O. The molecule has 2 aromatic carbocycles. The second-order valence-corrected chi connectivity index (χ2v) is 9.29. The number of carbonyl (C=O) groups is 1. The summed E-state index contributed by atoms with van der Waals surface area (Å²) in [5, 5.41) is 14.2. The van der Waals surface area contributed by atoms with Gasteiger partial charge in [-0.25, -0.2) is 28.5 Å². The van der Waals surface area contributed by atoms with Gasteiger partial charge in [-0.1, -0.05) is 12.1 Å². The quantitative estimate of drug-likeness (QED) is 0.339. The van der Waals surface area contributed by atoms with Crippen LogP contribution in [0.5, 0.6) is 0 Å². The van der Waals surface area contributed by atoms with E-state index in [1.54, 1.807) is 22.0 Å². The number of piperidine rings is 1. The van der Waals surface area contributed by atoms with Crippen LogP contribution in [0.25, 0.3) is 11.4 Å². The number of carbonyl (C=O) groups excluding carboxylic acids is 1. The maximum absolute atomic E-state index is 13.2. The van der Waals surface area contributed by atoms with Crippen molar-refractivity contribution in [2.75, 3.05) is 31.5 Å². The first-order chi connectivity index (χ1) is 18.1. The van der Waals surface area contributed by atoms with Gasteiger partial charge in [0.1, 0.15) is 31.1 Å². The van der Waals surface area contributed by atoms with Gasteiger partial charge >= 0.3 is 6.03 Å². The van der Waals surface area contributed by atoms with Crippen molar-refractivity contribution in [1.82, 2.24) is 39.7 Å². The first-order valence-electron chi connectivity index (χ1n) is 12.5. The van der Waals surface area contributed by atoms with Gasteiger partial charge in [0.25, 0.3) is 0 Å². The van der Waals surface area contributed by atoms with Crippen LogP contribution in [-0.2, 0) is 6.42 Å². The van der Waals surface area contributed by atoms with Crippen molar-refractivity contribution in [2.45, 2.75) is 25.7 Å². The number of urea groups is 1. The molecule has 0 bridgehead atoms. The van der Waals surface area contributed by atoms with Crippen LogP contribution >= 0.6 is 0 Å². The van der Waals surface area contributed by atoms with Crippen molar-refractivity contribution in [3.63, 3.8) is 0 Å². The number of nitrogens with zero attached hydrogens (tertiary/aromatic N) is 7. The molecule has 2 N–H and O–H groups in total. The predicted molar refractivity (Wildman–Crippen MR) is 137 cm³/mol. The first-order valence-corrected chi connectivity index (χ1v) is 12.5. The Labute approximate surface area is 214 Å². The summed E-state index contributed by atoms with van der Waals surface area (Å²) >= 11 is 0. The molecule has 37 heavy (non-hydrogen) atoms. The highest BCUT2D eigenvalue weighted by Gasteiger charge is 2.20. The van der Waals surface area contributed by atoms with Crippen LogP contribution in [0.3, 0.4) is 0 Å². The van der Waals surface area contributed by atoms with E-state index in [4.69, 9.17) is 0 Å². The van der Waals surface area contributed by atoms with E-state index in [0.29, 0.717) is 18.2 Å². The predicted octanol–water partition coefficient (Wildman–Crippen LogP) is 3.45. The molecular weight excluding hydrogens is 473 g/mol. The molecule has 0 spiro atoms. The molecule has 10 nitrogen and oxygen atoms in total. The van der Waals surface area contributed by atoms with Gasteiger partial charge in [-0.15, -0.1) is 0 Å². The summed E-state index contributed by atoms with van der Waals surface area (Å²) in [4.78, 5) is 23.1. The van der Waals surface area contributed by atoms with Crippen molar-refractivity contribution in [3.8, 4) is 11.4 Å². The first kappa shape index (κ1) is 24.6. The van der Waals surface area contributed by atoms with Crippen LogP contribution in [0.2, 0.25) is 0 Å². The standard InChI is InChI=1S/C26H30FN9O/c27-22-6-4-20(5-7-22)11-21-3-1-9-34(15-21)10-2-8-30-26(37)33-23-12-24(35-18-28-16-31-35)14-25(13-23)36-19-29-17-32-36/h4-7,12-14,16-19,21H,1-3,8-11,15H2,(H2,30,33,37)/t21-/m0/s1. The highest BCUT2D eigenvalue weighted by atomic mass is 19.1. The second-order valence-electron chi connectivity index (χ2n) is 9.29. The topological polar surface area (TPSA) is 106 Å². The largest absolute Gasteiger partial charge is 0.338 e. The van der Waals surface area contributed by atoms with Crippen LogP contribution in [0, 0.1) is 11.7 Å². The number of aromatic nitrogens is 6. The fourth-order valence-electron chi connectivity index (χ4n) is 4.77. The molecule has 192 valence electrons. The Hall–Kier alpha value is -4.12.